The number of aryl methyl sites for hydroxylation is 2. The highest BCUT2D eigenvalue weighted by atomic mass is 32.1. The molecule has 0 aliphatic heterocycles. The predicted molar refractivity (Wildman–Crippen MR) is 118 cm³/mol. The summed E-state index contributed by atoms with van der Waals surface area (Å²) >= 11 is 1.33. The van der Waals surface area contributed by atoms with Gasteiger partial charge in [0.15, 0.2) is 10.9 Å². The van der Waals surface area contributed by atoms with E-state index in [2.05, 4.69) is 15.6 Å². The Morgan fingerprint density at radius 2 is 1.77 bits per heavy atom. The van der Waals surface area contributed by atoms with E-state index in [0.29, 0.717) is 22.1 Å². The van der Waals surface area contributed by atoms with Gasteiger partial charge in [-0.25, -0.2) is 9.37 Å². The zero-order valence-electron chi connectivity index (χ0n) is 16.7. The average Bonchev–Trinajstić information content (AvgIpc) is 3.40. The van der Waals surface area contributed by atoms with Crippen LogP contribution in [-0.2, 0) is 0 Å². The van der Waals surface area contributed by atoms with Gasteiger partial charge in [0.1, 0.15) is 5.82 Å². The maximum absolute atomic E-state index is 13.2. The SMILES string of the molecule is Cc1ccc(C(=O)Nc2nc(-c3ccc(F)cc3)c(C)s2)cc1NC(=O)c1ccco1. The second kappa shape index (κ2) is 8.53. The van der Waals surface area contributed by atoms with Crippen molar-refractivity contribution in [3.63, 3.8) is 0 Å². The number of hydrogen-bond donors (Lipinski definition) is 2. The van der Waals surface area contributed by atoms with Gasteiger partial charge in [-0.3, -0.25) is 14.9 Å². The molecule has 0 bridgehead atoms. The van der Waals surface area contributed by atoms with Crippen LogP contribution in [0.4, 0.5) is 15.2 Å². The summed E-state index contributed by atoms with van der Waals surface area (Å²) in [7, 11) is 0. The number of carbonyl (C=O) groups excluding carboxylic acids is 2. The van der Waals surface area contributed by atoms with Gasteiger partial charge in [-0.2, -0.15) is 0 Å². The number of nitrogens with one attached hydrogen (secondary N) is 2. The summed E-state index contributed by atoms with van der Waals surface area (Å²) in [5.74, 6) is -0.890. The number of aromatic nitrogens is 1. The van der Waals surface area contributed by atoms with Crippen molar-refractivity contribution in [1.82, 2.24) is 4.98 Å². The summed E-state index contributed by atoms with van der Waals surface area (Å²) < 4.78 is 18.3. The van der Waals surface area contributed by atoms with Crippen LogP contribution < -0.4 is 10.6 Å². The van der Waals surface area contributed by atoms with Crippen LogP contribution in [0, 0.1) is 19.7 Å². The van der Waals surface area contributed by atoms with Gasteiger partial charge in [0.05, 0.1) is 12.0 Å². The molecule has 0 saturated carbocycles. The number of rotatable bonds is 5. The van der Waals surface area contributed by atoms with Gasteiger partial charge in [-0.1, -0.05) is 6.07 Å². The zero-order valence-corrected chi connectivity index (χ0v) is 17.5. The van der Waals surface area contributed by atoms with Crippen molar-refractivity contribution in [2.24, 2.45) is 0 Å². The molecule has 0 atom stereocenters. The first-order valence-electron chi connectivity index (χ1n) is 9.41. The molecule has 6 nitrogen and oxygen atoms in total. The maximum Gasteiger partial charge on any atom is 0.291 e. The normalized spacial score (nSPS) is 10.7. The quantitative estimate of drug-likeness (QED) is 0.423. The molecule has 4 aromatic rings. The minimum absolute atomic E-state index is 0.181. The minimum atomic E-state index is -0.398. The second-order valence-corrected chi connectivity index (χ2v) is 8.05. The van der Waals surface area contributed by atoms with Gasteiger partial charge in [0.25, 0.3) is 11.8 Å². The molecule has 0 spiro atoms. The van der Waals surface area contributed by atoms with E-state index in [9.17, 15) is 14.0 Å². The first-order chi connectivity index (χ1) is 14.9. The third-order valence-electron chi connectivity index (χ3n) is 4.63. The number of benzene rings is 2. The lowest BCUT2D eigenvalue weighted by molar-refractivity contribution is 0.0993. The van der Waals surface area contributed by atoms with E-state index in [4.69, 9.17) is 4.42 Å². The fourth-order valence-corrected chi connectivity index (χ4v) is 3.82. The van der Waals surface area contributed by atoms with Crippen LogP contribution in [0.5, 0.6) is 0 Å². The Hall–Kier alpha value is -3.78. The summed E-state index contributed by atoms with van der Waals surface area (Å²) in [5, 5.41) is 5.98. The van der Waals surface area contributed by atoms with Crippen LogP contribution >= 0.6 is 11.3 Å². The van der Waals surface area contributed by atoms with Crippen LogP contribution in [0.25, 0.3) is 11.3 Å². The monoisotopic (exact) mass is 435 g/mol. The van der Waals surface area contributed by atoms with Gasteiger partial charge in [0.2, 0.25) is 0 Å². The minimum Gasteiger partial charge on any atom is -0.459 e. The molecule has 2 amide bonds. The Morgan fingerprint density at radius 1 is 1.00 bits per heavy atom. The topological polar surface area (TPSA) is 84.2 Å². The van der Waals surface area contributed by atoms with Crippen molar-refractivity contribution >= 4 is 34.0 Å². The number of furan rings is 1. The van der Waals surface area contributed by atoms with Gasteiger partial charge in [0, 0.05) is 21.7 Å². The Balaban J connectivity index is 1.52. The molecule has 8 heteroatoms. The number of anilines is 2. The molecule has 0 radical (unpaired) electrons. The lowest BCUT2D eigenvalue weighted by atomic mass is 10.1. The molecule has 2 N–H and O–H groups in total. The van der Waals surface area contributed by atoms with Crippen molar-refractivity contribution in [3.8, 4) is 11.3 Å². The van der Waals surface area contributed by atoms with Crippen molar-refractivity contribution in [1.29, 1.82) is 0 Å². The molecule has 2 heterocycles. The van der Waals surface area contributed by atoms with E-state index in [1.807, 2.05) is 13.8 Å². The van der Waals surface area contributed by atoms with Crippen LogP contribution in [0.3, 0.4) is 0 Å². The van der Waals surface area contributed by atoms with E-state index in [-0.39, 0.29) is 17.5 Å². The molecule has 0 aliphatic rings. The Bertz CT molecular complexity index is 1250. The van der Waals surface area contributed by atoms with E-state index < -0.39 is 5.91 Å². The van der Waals surface area contributed by atoms with Gasteiger partial charge < -0.3 is 9.73 Å². The summed E-state index contributed by atoms with van der Waals surface area (Å²) in [6, 6.07) is 14.3. The molecular weight excluding hydrogens is 417 g/mol. The first kappa shape index (κ1) is 20.5. The average molecular weight is 435 g/mol. The largest absolute Gasteiger partial charge is 0.459 e. The summed E-state index contributed by atoms with van der Waals surface area (Å²) in [6.07, 6.45) is 1.42. The van der Waals surface area contributed by atoms with Gasteiger partial charge in [-0.05, 0) is 67.9 Å². The molecule has 0 fully saturated rings. The third-order valence-corrected chi connectivity index (χ3v) is 5.51. The molecular formula is C23H18FN3O3S. The van der Waals surface area contributed by atoms with Gasteiger partial charge >= 0.3 is 0 Å². The van der Waals surface area contributed by atoms with E-state index in [0.717, 1.165) is 16.0 Å². The fourth-order valence-electron chi connectivity index (χ4n) is 2.98. The maximum atomic E-state index is 13.2. The van der Waals surface area contributed by atoms with Crippen LogP contribution in [0.15, 0.2) is 65.3 Å². The predicted octanol–water partition coefficient (Wildman–Crippen LogP) is 5.66. The fraction of sp³-hybridized carbons (Fsp3) is 0.0870. The Morgan fingerprint density at radius 3 is 2.48 bits per heavy atom. The van der Waals surface area contributed by atoms with Crippen molar-refractivity contribution < 1.29 is 18.4 Å². The lowest BCUT2D eigenvalue weighted by Gasteiger charge is -2.09. The number of nitrogens with zero attached hydrogens (tertiary/aromatic N) is 1. The van der Waals surface area contributed by atoms with Crippen molar-refractivity contribution in [3.05, 3.63) is 88.4 Å². The highest BCUT2D eigenvalue weighted by Crippen LogP contribution is 2.31. The van der Waals surface area contributed by atoms with Gasteiger partial charge in [-0.15, -0.1) is 11.3 Å². The summed E-state index contributed by atoms with van der Waals surface area (Å²) in [5.41, 5.74) is 3.15. The van der Waals surface area contributed by atoms with E-state index in [1.165, 1.54) is 29.7 Å². The molecule has 0 aliphatic carbocycles. The number of amides is 2. The molecule has 2 aromatic heterocycles. The van der Waals surface area contributed by atoms with Crippen LogP contribution in [-0.4, -0.2) is 16.8 Å². The highest BCUT2D eigenvalue weighted by molar-refractivity contribution is 7.16. The smallest absolute Gasteiger partial charge is 0.291 e. The standard InChI is InChI=1S/C23H18FN3O3S/c1-13-5-6-16(12-18(13)25-22(29)19-4-3-11-30-19)21(28)27-23-26-20(14(2)31-23)15-7-9-17(24)10-8-15/h3-12H,1-2H3,(H,25,29)(H,26,27,28). The highest BCUT2D eigenvalue weighted by Gasteiger charge is 2.16. The lowest BCUT2D eigenvalue weighted by Crippen LogP contribution is -2.15. The van der Waals surface area contributed by atoms with Crippen molar-refractivity contribution in [2.75, 3.05) is 10.6 Å². The van der Waals surface area contributed by atoms with Crippen LogP contribution in [0.2, 0.25) is 0 Å². The number of halogens is 1. The Kier molecular flexibility index (Phi) is 5.64. The molecule has 31 heavy (non-hydrogen) atoms. The molecule has 4 rings (SSSR count). The summed E-state index contributed by atoms with van der Waals surface area (Å²) in [4.78, 5) is 30.4. The Labute approximate surface area is 181 Å². The molecule has 0 saturated heterocycles. The van der Waals surface area contributed by atoms with E-state index in [1.54, 1.807) is 42.5 Å². The zero-order chi connectivity index (χ0) is 22.0. The molecule has 2 aromatic carbocycles. The second-order valence-electron chi connectivity index (χ2n) is 6.85. The van der Waals surface area contributed by atoms with Crippen LogP contribution in [0.1, 0.15) is 31.4 Å². The number of hydrogen-bond acceptors (Lipinski definition) is 5. The molecule has 0 unspecified atom stereocenters. The van der Waals surface area contributed by atoms with E-state index >= 15 is 0 Å². The summed E-state index contributed by atoms with van der Waals surface area (Å²) in [6.45, 7) is 3.72. The first-order valence-corrected chi connectivity index (χ1v) is 10.2. The molecule has 156 valence electrons. The number of thiazole rings is 1. The van der Waals surface area contributed by atoms with Crippen molar-refractivity contribution in [2.45, 2.75) is 13.8 Å². The third kappa shape index (κ3) is 4.54. The number of carbonyl (C=O) groups is 2.